The number of hydrogen-bond donors (Lipinski definition) is 1. The number of esters is 1. The highest BCUT2D eigenvalue weighted by Crippen LogP contribution is 2.17. The molecule has 1 N–H and O–H groups in total. The molecule has 1 aromatic rings. The molecule has 1 aliphatic rings. The molecular weight excluding hydrogens is 294 g/mol. The highest BCUT2D eigenvalue weighted by molar-refractivity contribution is 5.88. The Morgan fingerprint density at radius 2 is 1.91 bits per heavy atom. The van der Waals surface area contributed by atoms with Crippen molar-refractivity contribution in [3.05, 3.63) is 29.7 Å². The first-order valence-corrected chi connectivity index (χ1v) is 8.34. The Balaban J connectivity index is 1.68. The zero-order valence-corrected chi connectivity index (χ0v) is 13.7. The van der Waals surface area contributed by atoms with Gasteiger partial charge in [-0.3, -0.25) is 4.79 Å². The lowest BCUT2D eigenvalue weighted by Gasteiger charge is -2.20. The summed E-state index contributed by atoms with van der Waals surface area (Å²) in [5.74, 6) is 0.577. The minimum Gasteiger partial charge on any atom is -0.462 e. The smallest absolute Gasteiger partial charge is 0.331 e. The first-order valence-electron chi connectivity index (χ1n) is 8.34. The molecule has 0 aromatic carbocycles. The summed E-state index contributed by atoms with van der Waals surface area (Å²) in [6.45, 7) is 1.59. The van der Waals surface area contributed by atoms with Gasteiger partial charge in [0.05, 0.1) is 0 Å². The van der Waals surface area contributed by atoms with Crippen LogP contribution in [0.1, 0.15) is 56.5 Å². The Hall–Kier alpha value is -2.04. The molecule has 0 aliphatic heterocycles. The van der Waals surface area contributed by atoms with E-state index in [2.05, 4.69) is 5.32 Å². The molecule has 0 spiro atoms. The van der Waals surface area contributed by atoms with Crippen molar-refractivity contribution < 1.29 is 18.7 Å². The summed E-state index contributed by atoms with van der Waals surface area (Å²) >= 11 is 0. The number of aryl methyl sites for hydroxylation is 1. The predicted molar refractivity (Wildman–Crippen MR) is 87.7 cm³/mol. The van der Waals surface area contributed by atoms with Gasteiger partial charge in [-0.25, -0.2) is 4.79 Å². The predicted octanol–water partition coefficient (Wildman–Crippen LogP) is 3.37. The average Bonchev–Trinajstić information content (AvgIpc) is 2.91. The van der Waals surface area contributed by atoms with Gasteiger partial charge in [-0.1, -0.05) is 32.1 Å². The molecule has 126 valence electrons. The Morgan fingerprint density at radius 3 is 2.57 bits per heavy atom. The minimum absolute atomic E-state index is 0.211. The van der Waals surface area contributed by atoms with Crippen LogP contribution in [0.4, 0.5) is 0 Å². The van der Waals surface area contributed by atoms with Gasteiger partial charge in [0, 0.05) is 12.1 Å². The molecule has 1 saturated carbocycles. The molecule has 23 heavy (non-hydrogen) atoms. The van der Waals surface area contributed by atoms with Gasteiger partial charge in [0.25, 0.3) is 5.91 Å². The molecule has 5 heteroatoms. The van der Waals surface area contributed by atoms with Crippen molar-refractivity contribution in [1.29, 1.82) is 0 Å². The zero-order valence-electron chi connectivity index (χ0n) is 13.7. The monoisotopic (exact) mass is 319 g/mol. The molecule has 1 aliphatic carbocycles. The van der Waals surface area contributed by atoms with Crippen molar-refractivity contribution in [2.45, 2.75) is 57.9 Å². The molecule has 0 bridgehead atoms. The first-order chi connectivity index (χ1) is 11.1. The Labute approximate surface area is 137 Å². The fraction of sp³-hybridized carbons (Fsp3) is 0.556. The lowest BCUT2D eigenvalue weighted by Crippen LogP contribution is -2.37. The molecule has 0 atom stereocenters. The molecule has 2 rings (SSSR count). The van der Waals surface area contributed by atoms with E-state index in [4.69, 9.17) is 9.15 Å². The molecule has 0 saturated heterocycles. The number of carbonyl (C=O) groups excluding carboxylic acids is 2. The van der Waals surface area contributed by atoms with Crippen molar-refractivity contribution in [3.63, 3.8) is 0 Å². The van der Waals surface area contributed by atoms with E-state index < -0.39 is 5.97 Å². The standard InChI is InChI=1S/C18H25NO4/c1-14-9-10-16(23-14)11-12-18(21)22-13-17(20)19-15-7-5-3-2-4-6-8-15/h9-12,15H,2-8,13H2,1H3,(H,19,20). The van der Waals surface area contributed by atoms with Gasteiger partial charge in [-0.2, -0.15) is 0 Å². The summed E-state index contributed by atoms with van der Waals surface area (Å²) in [5, 5.41) is 2.96. The summed E-state index contributed by atoms with van der Waals surface area (Å²) in [5.41, 5.74) is 0. The van der Waals surface area contributed by atoms with Crippen LogP contribution in [-0.4, -0.2) is 24.5 Å². The molecule has 1 amide bonds. The number of nitrogens with one attached hydrogen (secondary N) is 1. The maximum absolute atomic E-state index is 11.9. The summed E-state index contributed by atoms with van der Waals surface area (Å²) in [7, 11) is 0. The zero-order chi connectivity index (χ0) is 16.5. The second kappa shape index (κ2) is 9.18. The van der Waals surface area contributed by atoms with E-state index in [0.29, 0.717) is 5.76 Å². The lowest BCUT2D eigenvalue weighted by atomic mass is 9.97. The van der Waals surface area contributed by atoms with Gasteiger partial charge < -0.3 is 14.5 Å². The van der Waals surface area contributed by atoms with Crippen LogP contribution in [0.2, 0.25) is 0 Å². The van der Waals surface area contributed by atoms with Crippen molar-refractivity contribution in [2.24, 2.45) is 0 Å². The number of ether oxygens (including phenoxy) is 1. The third kappa shape index (κ3) is 6.72. The van der Waals surface area contributed by atoms with E-state index in [1.165, 1.54) is 31.4 Å². The van der Waals surface area contributed by atoms with Crippen LogP contribution >= 0.6 is 0 Å². The maximum atomic E-state index is 11.9. The minimum atomic E-state index is -0.549. The van der Waals surface area contributed by atoms with Crippen LogP contribution in [-0.2, 0) is 14.3 Å². The Bertz CT molecular complexity index is 539. The summed E-state index contributed by atoms with van der Waals surface area (Å²) < 4.78 is 10.3. The van der Waals surface area contributed by atoms with Crippen LogP contribution in [0.5, 0.6) is 0 Å². The number of amides is 1. The van der Waals surface area contributed by atoms with Crippen LogP contribution in [0.15, 0.2) is 22.6 Å². The topological polar surface area (TPSA) is 68.5 Å². The lowest BCUT2D eigenvalue weighted by molar-refractivity contribution is -0.144. The Morgan fingerprint density at radius 1 is 1.22 bits per heavy atom. The van der Waals surface area contributed by atoms with E-state index in [9.17, 15) is 9.59 Å². The number of furan rings is 1. The SMILES string of the molecule is Cc1ccc(C=CC(=O)OCC(=O)NC2CCCCCCC2)o1. The first kappa shape index (κ1) is 17.3. The van der Waals surface area contributed by atoms with Gasteiger partial charge in [0.15, 0.2) is 6.61 Å². The fourth-order valence-electron chi connectivity index (χ4n) is 2.75. The van der Waals surface area contributed by atoms with E-state index >= 15 is 0 Å². The highest BCUT2D eigenvalue weighted by Gasteiger charge is 2.14. The van der Waals surface area contributed by atoms with Gasteiger partial charge in [0.1, 0.15) is 11.5 Å². The van der Waals surface area contributed by atoms with Crippen LogP contribution < -0.4 is 5.32 Å². The van der Waals surface area contributed by atoms with Gasteiger partial charge >= 0.3 is 5.97 Å². The number of rotatable bonds is 5. The maximum Gasteiger partial charge on any atom is 0.331 e. The van der Waals surface area contributed by atoms with Gasteiger partial charge in [0.2, 0.25) is 0 Å². The molecule has 0 unspecified atom stereocenters. The number of carbonyl (C=O) groups is 2. The van der Waals surface area contributed by atoms with E-state index in [0.717, 1.165) is 31.4 Å². The third-order valence-corrected chi connectivity index (χ3v) is 3.96. The van der Waals surface area contributed by atoms with Crippen molar-refractivity contribution in [3.8, 4) is 0 Å². The van der Waals surface area contributed by atoms with Crippen LogP contribution in [0, 0.1) is 6.92 Å². The van der Waals surface area contributed by atoms with Crippen molar-refractivity contribution >= 4 is 18.0 Å². The summed E-state index contributed by atoms with van der Waals surface area (Å²) in [6.07, 6.45) is 10.9. The average molecular weight is 319 g/mol. The second-order valence-electron chi connectivity index (χ2n) is 6.00. The van der Waals surface area contributed by atoms with E-state index in [1.54, 1.807) is 6.07 Å². The van der Waals surface area contributed by atoms with Crippen molar-refractivity contribution in [1.82, 2.24) is 5.32 Å². The van der Waals surface area contributed by atoms with Gasteiger partial charge in [-0.05, 0) is 38.0 Å². The highest BCUT2D eigenvalue weighted by atomic mass is 16.5. The normalized spacial score (nSPS) is 16.7. The van der Waals surface area contributed by atoms with Crippen LogP contribution in [0.25, 0.3) is 6.08 Å². The molecule has 1 heterocycles. The molecule has 1 fully saturated rings. The molecule has 0 radical (unpaired) electrons. The molecular formula is C18H25NO4. The second-order valence-corrected chi connectivity index (χ2v) is 6.00. The van der Waals surface area contributed by atoms with E-state index in [-0.39, 0.29) is 18.6 Å². The van der Waals surface area contributed by atoms with Gasteiger partial charge in [-0.15, -0.1) is 0 Å². The Kier molecular flexibility index (Phi) is 6.91. The molecule has 5 nitrogen and oxygen atoms in total. The van der Waals surface area contributed by atoms with Crippen molar-refractivity contribution in [2.75, 3.05) is 6.61 Å². The fourth-order valence-corrected chi connectivity index (χ4v) is 2.75. The number of hydrogen-bond acceptors (Lipinski definition) is 4. The summed E-state index contributed by atoms with van der Waals surface area (Å²) in [6, 6.07) is 3.79. The summed E-state index contributed by atoms with van der Waals surface area (Å²) in [4.78, 5) is 23.5. The molecule has 1 aromatic heterocycles. The third-order valence-electron chi connectivity index (χ3n) is 3.96. The van der Waals surface area contributed by atoms with E-state index in [1.807, 2.05) is 13.0 Å². The quantitative estimate of drug-likeness (QED) is 0.667. The largest absolute Gasteiger partial charge is 0.462 e. The van der Waals surface area contributed by atoms with Crippen LogP contribution in [0.3, 0.4) is 0 Å².